The summed E-state index contributed by atoms with van der Waals surface area (Å²) in [7, 11) is 0. The summed E-state index contributed by atoms with van der Waals surface area (Å²) in [5.74, 6) is 0. The molecule has 3 heterocycles. The van der Waals surface area contributed by atoms with Crippen LogP contribution in [0.5, 0.6) is 0 Å². The van der Waals surface area contributed by atoms with Crippen LogP contribution in [0.2, 0.25) is 0 Å². The minimum atomic E-state index is 1.16. The number of aromatic nitrogens is 2. The summed E-state index contributed by atoms with van der Waals surface area (Å²) in [4.78, 5) is 0. The van der Waals surface area contributed by atoms with Gasteiger partial charge in [0.2, 0.25) is 0 Å². The van der Waals surface area contributed by atoms with Gasteiger partial charge in [-0.2, -0.15) is 0 Å². The van der Waals surface area contributed by atoms with E-state index >= 15 is 0 Å². The Morgan fingerprint density at radius 1 is 0.357 bits per heavy atom. The SMILES string of the molecule is c1ccc(-c2ccc3c(c2)c2cc4c5ccccc5c5c(-c6ccccc6)cccc5n4c2n3-c2ccccc2)cc1. The van der Waals surface area contributed by atoms with Gasteiger partial charge in [0.15, 0.2) is 0 Å². The van der Waals surface area contributed by atoms with E-state index in [1.165, 1.54) is 71.4 Å². The van der Waals surface area contributed by atoms with Crippen molar-refractivity contribution in [1.29, 1.82) is 0 Å². The van der Waals surface area contributed by atoms with E-state index in [1.54, 1.807) is 0 Å². The Morgan fingerprint density at radius 2 is 1.02 bits per heavy atom. The first-order valence-electron chi connectivity index (χ1n) is 14.5. The van der Waals surface area contributed by atoms with Gasteiger partial charge in [0.25, 0.3) is 0 Å². The van der Waals surface area contributed by atoms with E-state index in [0.29, 0.717) is 0 Å². The average Bonchev–Trinajstić information content (AvgIpc) is 3.61. The van der Waals surface area contributed by atoms with Gasteiger partial charge >= 0.3 is 0 Å². The highest BCUT2D eigenvalue weighted by molar-refractivity contribution is 6.22. The lowest BCUT2D eigenvalue weighted by Crippen LogP contribution is -1.99. The molecule has 0 N–H and O–H groups in total. The molecule has 196 valence electrons. The van der Waals surface area contributed by atoms with Crippen molar-refractivity contribution in [3.8, 4) is 27.9 Å². The minimum absolute atomic E-state index is 1.16. The van der Waals surface area contributed by atoms with Crippen LogP contribution >= 0.6 is 0 Å². The number of benzene rings is 6. The van der Waals surface area contributed by atoms with Crippen molar-refractivity contribution in [3.63, 3.8) is 0 Å². The minimum Gasteiger partial charge on any atom is -0.295 e. The summed E-state index contributed by atoms with van der Waals surface area (Å²) in [6.07, 6.45) is 0. The Bertz CT molecular complexity index is 2430. The lowest BCUT2D eigenvalue weighted by Gasteiger charge is -2.15. The number of hydrogen-bond donors (Lipinski definition) is 0. The Labute approximate surface area is 243 Å². The van der Waals surface area contributed by atoms with Crippen molar-refractivity contribution in [2.24, 2.45) is 0 Å². The molecule has 0 atom stereocenters. The van der Waals surface area contributed by atoms with Gasteiger partial charge in [-0.05, 0) is 64.0 Å². The quantitative estimate of drug-likeness (QED) is 0.199. The molecule has 0 bridgehead atoms. The molecule has 0 saturated carbocycles. The van der Waals surface area contributed by atoms with Crippen molar-refractivity contribution in [3.05, 3.63) is 158 Å². The summed E-state index contributed by atoms with van der Waals surface area (Å²) in [6, 6.07) is 57.1. The number of nitrogens with zero attached hydrogens (tertiary/aromatic N) is 2. The molecule has 2 heteroatoms. The van der Waals surface area contributed by atoms with Crippen LogP contribution in [-0.4, -0.2) is 8.97 Å². The predicted octanol–water partition coefficient (Wildman–Crippen LogP) is 10.7. The van der Waals surface area contributed by atoms with Gasteiger partial charge in [-0.3, -0.25) is 8.97 Å². The van der Waals surface area contributed by atoms with Crippen molar-refractivity contribution in [2.45, 2.75) is 0 Å². The maximum Gasteiger partial charge on any atom is 0.131 e. The molecule has 9 aromatic rings. The van der Waals surface area contributed by atoms with Gasteiger partial charge in [-0.1, -0.05) is 121 Å². The standard InChI is InChI=1S/C40H26N2/c1-4-13-27(14-5-1)29-23-24-36-34(25-29)35-26-38-32-19-10-11-20-33(32)39-31(28-15-6-2-7-16-28)21-12-22-37(39)42(38)40(35)41(36)30-17-8-3-9-18-30/h1-26H. The summed E-state index contributed by atoms with van der Waals surface area (Å²) >= 11 is 0. The summed E-state index contributed by atoms with van der Waals surface area (Å²) in [5, 5.41) is 6.33. The van der Waals surface area contributed by atoms with Crippen molar-refractivity contribution in [2.75, 3.05) is 0 Å². The Morgan fingerprint density at radius 3 is 1.79 bits per heavy atom. The molecule has 0 saturated heterocycles. The van der Waals surface area contributed by atoms with Crippen LogP contribution in [0.3, 0.4) is 0 Å². The highest BCUT2D eigenvalue weighted by atomic mass is 15.1. The van der Waals surface area contributed by atoms with E-state index in [2.05, 4.69) is 167 Å². The van der Waals surface area contributed by atoms with Crippen molar-refractivity contribution < 1.29 is 0 Å². The lowest BCUT2D eigenvalue weighted by atomic mass is 9.96. The first-order chi connectivity index (χ1) is 20.9. The molecule has 6 aromatic carbocycles. The second kappa shape index (κ2) is 8.95. The monoisotopic (exact) mass is 534 g/mol. The third kappa shape index (κ3) is 3.27. The van der Waals surface area contributed by atoms with Crippen LogP contribution in [0, 0.1) is 0 Å². The largest absolute Gasteiger partial charge is 0.295 e. The molecular formula is C40H26N2. The molecule has 3 aromatic heterocycles. The van der Waals surface area contributed by atoms with Gasteiger partial charge in [0.05, 0.1) is 16.6 Å². The number of pyridine rings is 1. The Balaban J connectivity index is 1.51. The fraction of sp³-hybridized carbons (Fsp3) is 0. The molecule has 0 aliphatic rings. The van der Waals surface area contributed by atoms with E-state index < -0.39 is 0 Å². The smallest absolute Gasteiger partial charge is 0.131 e. The van der Waals surface area contributed by atoms with E-state index in [9.17, 15) is 0 Å². The molecule has 0 fully saturated rings. The van der Waals surface area contributed by atoms with E-state index in [-0.39, 0.29) is 0 Å². The fourth-order valence-corrected chi connectivity index (χ4v) is 6.86. The second-order valence-corrected chi connectivity index (χ2v) is 11.0. The van der Waals surface area contributed by atoms with Gasteiger partial charge < -0.3 is 0 Å². The van der Waals surface area contributed by atoms with Gasteiger partial charge in [0, 0.05) is 27.2 Å². The molecule has 2 nitrogen and oxygen atoms in total. The van der Waals surface area contributed by atoms with Gasteiger partial charge in [-0.15, -0.1) is 0 Å². The highest BCUT2D eigenvalue weighted by Crippen LogP contribution is 2.42. The van der Waals surface area contributed by atoms with Crippen LogP contribution in [0.4, 0.5) is 0 Å². The number of hydrogen-bond acceptors (Lipinski definition) is 0. The predicted molar refractivity (Wildman–Crippen MR) is 178 cm³/mol. The van der Waals surface area contributed by atoms with Crippen LogP contribution in [-0.2, 0) is 0 Å². The van der Waals surface area contributed by atoms with Crippen molar-refractivity contribution >= 4 is 49.1 Å². The fourth-order valence-electron chi connectivity index (χ4n) is 6.86. The molecule has 0 radical (unpaired) electrons. The average molecular weight is 535 g/mol. The summed E-state index contributed by atoms with van der Waals surface area (Å²) < 4.78 is 4.93. The highest BCUT2D eigenvalue weighted by Gasteiger charge is 2.21. The molecule has 0 aliphatic heterocycles. The zero-order chi connectivity index (χ0) is 27.6. The zero-order valence-electron chi connectivity index (χ0n) is 22.9. The Hall–Kier alpha value is -5.60. The molecule has 9 rings (SSSR count). The third-order valence-electron chi connectivity index (χ3n) is 8.68. The molecule has 42 heavy (non-hydrogen) atoms. The van der Waals surface area contributed by atoms with Crippen LogP contribution in [0.15, 0.2) is 158 Å². The summed E-state index contributed by atoms with van der Waals surface area (Å²) in [6.45, 7) is 0. The maximum absolute atomic E-state index is 2.49. The van der Waals surface area contributed by atoms with E-state index in [4.69, 9.17) is 0 Å². The normalized spacial score (nSPS) is 11.8. The van der Waals surface area contributed by atoms with Gasteiger partial charge in [-0.25, -0.2) is 0 Å². The Kier molecular flexibility index (Phi) is 4.93. The summed E-state index contributed by atoms with van der Waals surface area (Å²) in [5.41, 5.74) is 10.9. The van der Waals surface area contributed by atoms with Crippen LogP contribution < -0.4 is 0 Å². The molecular weight excluding hydrogens is 508 g/mol. The number of para-hydroxylation sites is 1. The zero-order valence-corrected chi connectivity index (χ0v) is 22.9. The molecule has 0 spiro atoms. The van der Waals surface area contributed by atoms with E-state index in [0.717, 1.165) is 5.69 Å². The molecule has 0 unspecified atom stereocenters. The third-order valence-corrected chi connectivity index (χ3v) is 8.68. The van der Waals surface area contributed by atoms with Gasteiger partial charge in [0.1, 0.15) is 5.65 Å². The van der Waals surface area contributed by atoms with Crippen LogP contribution in [0.25, 0.3) is 77.1 Å². The second-order valence-electron chi connectivity index (χ2n) is 11.0. The van der Waals surface area contributed by atoms with E-state index in [1.807, 2.05) is 0 Å². The number of fused-ring (bicyclic) bond motifs is 10. The maximum atomic E-state index is 2.49. The molecule has 0 aliphatic carbocycles. The molecule has 0 amide bonds. The lowest BCUT2D eigenvalue weighted by molar-refractivity contribution is 1.12. The van der Waals surface area contributed by atoms with Crippen molar-refractivity contribution in [1.82, 2.24) is 8.97 Å². The number of rotatable bonds is 3. The topological polar surface area (TPSA) is 9.34 Å². The first-order valence-corrected chi connectivity index (χ1v) is 14.5. The van der Waals surface area contributed by atoms with Crippen LogP contribution in [0.1, 0.15) is 0 Å². The first kappa shape index (κ1) is 23.1.